The molecule has 0 aliphatic heterocycles. The number of hydrogen-bond donors (Lipinski definition) is 4. The van der Waals surface area contributed by atoms with E-state index in [1.165, 1.54) is 0 Å². The number of nitrogens with one attached hydrogen (secondary N) is 3. The molecule has 0 saturated heterocycles. The molecule has 3 rings (SSSR count). The molecular formula is C20H23Cl3N6. The minimum Gasteiger partial charge on any atom is -0.370 e. The van der Waals surface area contributed by atoms with Gasteiger partial charge in [0, 0.05) is 23.5 Å². The molecule has 0 aliphatic rings. The third kappa shape index (κ3) is 7.42. The monoisotopic (exact) mass is 452 g/mol. The maximum Gasteiger partial charge on any atom is 0.185 e. The van der Waals surface area contributed by atoms with Gasteiger partial charge in [-0.05, 0) is 42.3 Å². The van der Waals surface area contributed by atoms with E-state index in [2.05, 4.69) is 20.6 Å². The second-order valence-electron chi connectivity index (χ2n) is 5.95. The maximum atomic E-state index is 7.17. The number of fused-ring (bicyclic) bond motifs is 1. The summed E-state index contributed by atoms with van der Waals surface area (Å²) in [6.45, 7) is 1.34. The van der Waals surface area contributed by atoms with Gasteiger partial charge in [0.15, 0.2) is 11.8 Å². The molecule has 1 aromatic heterocycles. The summed E-state index contributed by atoms with van der Waals surface area (Å²) in [5, 5.41) is 15.0. The van der Waals surface area contributed by atoms with Crippen molar-refractivity contribution in [1.82, 2.24) is 15.3 Å². The first-order valence-corrected chi connectivity index (χ1v) is 9.02. The van der Waals surface area contributed by atoms with Gasteiger partial charge in [0.1, 0.15) is 5.82 Å². The molecule has 0 spiro atoms. The molecule has 0 radical (unpaired) electrons. The molecule has 0 fully saturated rings. The van der Waals surface area contributed by atoms with Crippen molar-refractivity contribution in [2.75, 3.05) is 18.4 Å². The first kappa shape index (κ1) is 24.5. The standard InChI is InChI=1S/C20H21ClN6.2ClH/c21-15-9-6-14(7-10-15)8-11-18-26-17-5-2-1-4-16(17)19(27-18)24-12-3-13-25-20(22)23;;/h1-2,4-11H,3,12-13H2,(H4,22,23,25)(H,24,26,27);2*1H/b11-8+;;. The molecule has 29 heavy (non-hydrogen) atoms. The highest BCUT2D eigenvalue weighted by Gasteiger charge is 2.05. The third-order valence-corrected chi connectivity index (χ3v) is 4.13. The number of aromatic nitrogens is 2. The molecule has 2 aromatic carbocycles. The van der Waals surface area contributed by atoms with Crippen LogP contribution in [0, 0.1) is 5.41 Å². The van der Waals surface area contributed by atoms with E-state index in [4.69, 9.17) is 22.7 Å². The van der Waals surface area contributed by atoms with Gasteiger partial charge in [-0.3, -0.25) is 5.41 Å². The van der Waals surface area contributed by atoms with Gasteiger partial charge in [-0.15, -0.1) is 24.8 Å². The number of para-hydroxylation sites is 1. The number of nitrogens with two attached hydrogens (primary N) is 1. The minimum atomic E-state index is -0.0166. The Bertz CT molecular complexity index is 960. The number of nitrogens with zero attached hydrogens (tertiary/aromatic N) is 2. The zero-order valence-electron chi connectivity index (χ0n) is 15.6. The molecule has 0 atom stereocenters. The first-order chi connectivity index (χ1) is 13.1. The van der Waals surface area contributed by atoms with Gasteiger partial charge >= 0.3 is 0 Å². The highest BCUT2D eigenvalue weighted by atomic mass is 35.5. The molecule has 6 nitrogen and oxygen atoms in total. The summed E-state index contributed by atoms with van der Waals surface area (Å²) in [4.78, 5) is 9.26. The van der Waals surface area contributed by atoms with Crippen molar-refractivity contribution in [3.05, 3.63) is 64.9 Å². The molecule has 3 aromatic rings. The fourth-order valence-electron chi connectivity index (χ4n) is 2.57. The SMILES string of the molecule is Cl.Cl.N=C(N)NCCCNc1nc(/C=C/c2ccc(Cl)cc2)nc2ccccc12. The molecular weight excluding hydrogens is 431 g/mol. The summed E-state index contributed by atoms with van der Waals surface area (Å²) in [7, 11) is 0. The van der Waals surface area contributed by atoms with Gasteiger partial charge in [0.05, 0.1) is 5.52 Å². The Morgan fingerprint density at radius 1 is 1.00 bits per heavy atom. The van der Waals surface area contributed by atoms with Crippen LogP contribution in [0.5, 0.6) is 0 Å². The first-order valence-electron chi connectivity index (χ1n) is 8.64. The van der Waals surface area contributed by atoms with E-state index in [1.807, 2.05) is 60.7 Å². The van der Waals surface area contributed by atoms with Crippen LogP contribution in [-0.4, -0.2) is 29.0 Å². The number of halogens is 3. The largest absolute Gasteiger partial charge is 0.370 e. The van der Waals surface area contributed by atoms with Crippen molar-refractivity contribution in [2.24, 2.45) is 5.73 Å². The fourth-order valence-corrected chi connectivity index (χ4v) is 2.69. The van der Waals surface area contributed by atoms with Gasteiger partial charge in [0.25, 0.3) is 0 Å². The van der Waals surface area contributed by atoms with Crippen LogP contribution in [-0.2, 0) is 0 Å². The van der Waals surface area contributed by atoms with Crippen molar-refractivity contribution in [3.8, 4) is 0 Å². The third-order valence-electron chi connectivity index (χ3n) is 3.88. The van der Waals surface area contributed by atoms with E-state index >= 15 is 0 Å². The zero-order chi connectivity index (χ0) is 19.1. The Morgan fingerprint density at radius 3 is 2.45 bits per heavy atom. The molecule has 0 amide bonds. The van der Waals surface area contributed by atoms with E-state index in [0.29, 0.717) is 23.9 Å². The van der Waals surface area contributed by atoms with E-state index in [1.54, 1.807) is 0 Å². The van der Waals surface area contributed by atoms with Crippen LogP contribution in [0.15, 0.2) is 48.5 Å². The highest BCUT2D eigenvalue weighted by molar-refractivity contribution is 6.30. The summed E-state index contributed by atoms with van der Waals surface area (Å²) in [6, 6.07) is 15.5. The summed E-state index contributed by atoms with van der Waals surface area (Å²) >= 11 is 5.92. The van der Waals surface area contributed by atoms with Gasteiger partial charge in [-0.25, -0.2) is 9.97 Å². The second kappa shape index (κ2) is 12.1. The average molecular weight is 454 g/mol. The Balaban J connectivity index is 0.00000210. The van der Waals surface area contributed by atoms with Crippen LogP contribution < -0.4 is 16.4 Å². The van der Waals surface area contributed by atoms with E-state index in [-0.39, 0.29) is 30.8 Å². The molecule has 5 N–H and O–H groups in total. The van der Waals surface area contributed by atoms with Crippen LogP contribution in [0.4, 0.5) is 5.82 Å². The Hall–Kier alpha value is -2.54. The molecule has 0 saturated carbocycles. The van der Waals surface area contributed by atoms with Gasteiger partial charge in [-0.1, -0.05) is 41.9 Å². The van der Waals surface area contributed by atoms with Crippen molar-refractivity contribution in [3.63, 3.8) is 0 Å². The molecule has 0 aliphatic carbocycles. The number of guanidine groups is 1. The summed E-state index contributed by atoms with van der Waals surface area (Å²) in [5.41, 5.74) is 7.20. The predicted octanol–water partition coefficient (Wildman–Crippen LogP) is 4.58. The van der Waals surface area contributed by atoms with Crippen LogP contribution in [0.3, 0.4) is 0 Å². The second-order valence-corrected chi connectivity index (χ2v) is 6.39. The van der Waals surface area contributed by atoms with Gasteiger partial charge < -0.3 is 16.4 Å². The quantitative estimate of drug-likeness (QED) is 0.238. The van der Waals surface area contributed by atoms with Crippen molar-refractivity contribution in [2.45, 2.75) is 6.42 Å². The van der Waals surface area contributed by atoms with Crippen LogP contribution in [0.25, 0.3) is 23.1 Å². The Kier molecular flexibility index (Phi) is 10.2. The average Bonchev–Trinajstić information content (AvgIpc) is 2.67. The van der Waals surface area contributed by atoms with Crippen LogP contribution in [0.2, 0.25) is 5.02 Å². The fraction of sp³-hybridized carbons (Fsp3) is 0.150. The summed E-state index contributed by atoms with van der Waals surface area (Å²) in [6.07, 6.45) is 4.66. The van der Waals surface area contributed by atoms with Crippen molar-refractivity contribution >= 4 is 71.2 Å². The molecule has 154 valence electrons. The lowest BCUT2D eigenvalue weighted by molar-refractivity contribution is 0.795. The lowest BCUT2D eigenvalue weighted by Crippen LogP contribution is -2.31. The normalized spacial score (nSPS) is 10.2. The Labute approximate surface area is 187 Å². The zero-order valence-corrected chi connectivity index (χ0v) is 17.9. The Morgan fingerprint density at radius 2 is 1.72 bits per heavy atom. The molecule has 9 heteroatoms. The number of benzene rings is 2. The van der Waals surface area contributed by atoms with Gasteiger partial charge in [0.2, 0.25) is 0 Å². The van der Waals surface area contributed by atoms with Crippen LogP contribution in [0.1, 0.15) is 17.8 Å². The molecule has 1 heterocycles. The minimum absolute atomic E-state index is 0. The molecule has 0 bridgehead atoms. The van der Waals surface area contributed by atoms with E-state index in [0.717, 1.165) is 28.7 Å². The number of anilines is 1. The topological polar surface area (TPSA) is 99.7 Å². The smallest absolute Gasteiger partial charge is 0.185 e. The molecule has 0 unspecified atom stereocenters. The van der Waals surface area contributed by atoms with Crippen molar-refractivity contribution in [1.29, 1.82) is 5.41 Å². The lowest BCUT2D eigenvalue weighted by atomic mass is 10.2. The summed E-state index contributed by atoms with van der Waals surface area (Å²) in [5.74, 6) is 1.41. The van der Waals surface area contributed by atoms with E-state index < -0.39 is 0 Å². The number of hydrogen-bond acceptors (Lipinski definition) is 4. The van der Waals surface area contributed by atoms with E-state index in [9.17, 15) is 0 Å². The maximum absolute atomic E-state index is 7.17. The summed E-state index contributed by atoms with van der Waals surface area (Å²) < 4.78 is 0. The highest BCUT2D eigenvalue weighted by Crippen LogP contribution is 2.21. The lowest BCUT2D eigenvalue weighted by Gasteiger charge is -2.10. The van der Waals surface area contributed by atoms with Crippen LogP contribution >= 0.6 is 36.4 Å². The van der Waals surface area contributed by atoms with Gasteiger partial charge in [-0.2, -0.15) is 0 Å². The number of rotatable bonds is 7. The predicted molar refractivity (Wildman–Crippen MR) is 127 cm³/mol. The van der Waals surface area contributed by atoms with Crippen molar-refractivity contribution < 1.29 is 0 Å².